The summed E-state index contributed by atoms with van der Waals surface area (Å²) in [5.74, 6) is 3.13. The Kier molecular flexibility index (Phi) is 6.41. The normalized spacial score (nSPS) is 9.89. The summed E-state index contributed by atoms with van der Waals surface area (Å²) >= 11 is 0. The first-order chi connectivity index (χ1) is 9.19. The van der Waals surface area contributed by atoms with Crippen molar-refractivity contribution in [1.82, 2.24) is 5.32 Å². The quantitative estimate of drug-likeness (QED) is 0.338. The number of nitro groups is 1. The second kappa shape index (κ2) is 8.11. The molecule has 1 rings (SSSR count). The number of ether oxygens (including phenoxy) is 1. The van der Waals surface area contributed by atoms with E-state index in [4.69, 9.17) is 11.2 Å². The summed E-state index contributed by atoms with van der Waals surface area (Å²) in [5, 5.41) is 14.0. The maximum atomic E-state index is 10.8. The van der Waals surface area contributed by atoms with Crippen LogP contribution in [-0.2, 0) is 6.54 Å². The molecule has 0 saturated heterocycles. The molecule has 1 N–H and O–H groups in total. The van der Waals surface area contributed by atoms with Crippen molar-refractivity contribution in [2.75, 3.05) is 13.2 Å². The predicted molar refractivity (Wildman–Crippen MR) is 74.0 cm³/mol. The number of hydrogen-bond acceptors (Lipinski definition) is 4. The molecule has 5 nitrogen and oxygen atoms in total. The Morgan fingerprint density at radius 2 is 2.32 bits per heavy atom. The number of terminal acetylenes is 1. The van der Waals surface area contributed by atoms with Gasteiger partial charge in [0.25, 0.3) is 5.69 Å². The molecule has 1 aromatic carbocycles. The summed E-state index contributed by atoms with van der Waals surface area (Å²) in [7, 11) is 0. The van der Waals surface area contributed by atoms with E-state index >= 15 is 0 Å². The third kappa shape index (κ3) is 4.98. The molecule has 0 radical (unpaired) electrons. The van der Waals surface area contributed by atoms with Gasteiger partial charge in [0, 0.05) is 30.7 Å². The van der Waals surface area contributed by atoms with Crippen LogP contribution in [0.25, 0.3) is 0 Å². The summed E-state index contributed by atoms with van der Waals surface area (Å²) in [4.78, 5) is 10.4. The monoisotopic (exact) mass is 262 g/mol. The Hall–Kier alpha value is -2.06. The summed E-state index contributed by atoms with van der Waals surface area (Å²) in [6.07, 6.45) is 6.68. The number of hydrogen-bond donors (Lipinski definition) is 1. The molecule has 0 fully saturated rings. The van der Waals surface area contributed by atoms with E-state index in [0.29, 0.717) is 25.3 Å². The summed E-state index contributed by atoms with van der Waals surface area (Å²) in [6.45, 7) is 3.87. The van der Waals surface area contributed by atoms with Gasteiger partial charge in [0.15, 0.2) is 0 Å². The van der Waals surface area contributed by atoms with Crippen LogP contribution in [0.2, 0.25) is 0 Å². The fourth-order valence-electron chi connectivity index (χ4n) is 1.58. The average Bonchev–Trinajstić information content (AvgIpc) is 2.40. The van der Waals surface area contributed by atoms with Gasteiger partial charge >= 0.3 is 0 Å². The summed E-state index contributed by atoms with van der Waals surface area (Å²) < 4.78 is 5.54. The van der Waals surface area contributed by atoms with E-state index in [1.165, 1.54) is 12.1 Å². The van der Waals surface area contributed by atoms with Gasteiger partial charge < -0.3 is 10.1 Å². The van der Waals surface area contributed by atoms with Gasteiger partial charge in [-0.25, -0.2) is 0 Å². The highest BCUT2D eigenvalue weighted by molar-refractivity contribution is 5.43. The van der Waals surface area contributed by atoms with Gasteiger partial charge in [-0.3, -0.25) is 10.1 Å². The van der Waals surface area contributed by atoms with E-state index in [1.54, 1.807) is 6.07 Å². The molecular formula is C14H18N2O3. The molecule has 5 heteroatoms. The van der Waals surface area contributed by atoms with Gasteiger partial charge in [-0.15, -0.1) is 12.3 Å². The van der Waals surface area contributed by atoms with Crippen molar-refractivity contribution >= 4 is 5.69 Å². The molecule has 0 saturated carbocycles. The van der Waals surface area contributed by atoms with Gasteiger partial charge in [0.2, 0.25) is 0 Å². The van der Waals surface area contributed by atoms with Crippen LogP contribution in [0.5, 0.6) is 5.75 Å². The number of rotatable bonds is 8. The molecule has 0 aliphatic rings. The molecule has 0 atom stereocenters. The minimum Gasteiger partial charge on any atom is -0.492 e. The molecule has 1 aromatic rings. The number of nitrogens with one attached hydrogen (secondary N) is 1. The molecule has 102 valence electrons. The van der Waals surface area contributed by atoms with E-state index in [1.807, 2.05) is 0 Å². The lowest BCUT2D eigenvalue weighted by molar-refractivity contribution is -0.384. The first kappa shape index (κ1) is 15.0. The van der Waals surface area contributed by atoms with Crippen LogP contribution in [0.15, 0.2) is 18.2 Å². The van der Waals surface area contributed by atoms with E-state index < -0.39 is 4.92 Å². The smallest absolute Gasteiger partial charge is 0.270 e. The summed E-state index contributed by atoms with van der Waals surface area (Å²) in [5.41, 5.74) is 0.845. The van der Waals surface area contributed by atoms with Crippen molar-refractivity contribution in [3.8, 4) is 18.1 Å². The van der Waals surface area contributed by atoms with Crippen molar-refractivity contribution in [2.24, 2.45) is 0 Å². The fourth-order valence-corrected chi connectivity index (χ4v) is 1.58. The van der Waals surface area contributed by atoms with Gasteiger partial charge in [0.1, 0.15) is 5.75 Å². The lowest BCUT2D eigenvalue weighted by Crippen LogP contribution is -2.15. The Morgan fingerprint density at radius 3 is 2.95 bits per heavy atom. The Bertz CT molecular complexity index is 466. The van der Waals surface area contributed by atoms with Crippen molar-refractivity contribution in [1.29, 1.82) is 0 Å². The van der Waals surface area contributed by atoms with Crippen LogP contribution >= 0.6 is 0 Å². The van der Waals surface area contributed by atoms with Gasteiger partial charge in [0.05, 0.1) is 11.5 Å². The lowest BCUT2D eigenvalue weighted by Gasteiger charge is -2.11. The average molecular weight is 262 g/mol. The van der Waals surface area contributed by atoms with E-state index in [9.17, 15) is 10.1 Å². The van der Waals surface area contributed by atoms with Crippen LogP contribution < -0.4 is 10.1 Å². The largest absolute Gasteiger partial charge is 0.492 e. The minimum atomic E-state index is -0.408. The maximum Gasteiger partial charge on any atom is 0.270 e. The third-order valence-electron chi connectivity index (χ3n) is 2.50. The molecule has 19 heavy (non-hydrogen) atoms. The highest BCUT2D eigenvalue weighted by atomic mass is 16.6. The van der Waals surface area contributed by atoms with Crippen molar-refractivity contribution < 1.29 is 9.66 Å². The number of nitro benzene ring substituents is 1. The number of non-ortho nitro benzene ring substituents is 1. The van der Waals surface area contributed by atoms with Gasteiger partial charge in [-0.2, -0.15) is 0 Å². The summed E-state index contributed by atoms with van der Waals surface area (Å²) in [6, 6.07) is 4.60. The van der Waals surface area contributed by atoms with Crippen LogP contribution in [0.1, 0.15) is 25.3 Å². The van der Waals surface area contributed by atoms with Crippen molar-refractivity contribution in [2.45, 2.75) is 26.3 Å². The third-order valence-corrected chi connectivity index (χ3v) is 2.50. The van der Waals surface area contributed by atoms with E-state index in [2.05, 4.69) is 18.2 Å². The molecule has 0 aliphatic heterocycles. The predicted octanol–water partition coefficient (Wildman–Crippen LogP) is 2.50. The van der Waals surface area contributed by atoms with Crippen molar-refractivity contribution in [3.05, 3.63) is 33.9 Å². The number of nitrogens with zero attached hydrogens (tertiary/aromatic N) is 1. The molecule has 0 bridgehead atoms. The molecule has 0 aliphatic carbocycles. The molecule has 0 spiro atoms. The zero-order valence-corrected chi connectivity index (χ0v) is 11.0. The minimum absolute atomic E-state index is 0.0672. The topological polar surface area (TPSA) is 64.4 Å². The molecule has 0 aromatic heterocycles. The fraction of sp³-hybridized carbons (Fsp3) is 0.429. The van der Waals surface area contributed by atoms with Crippen LogP contribution in [0.4, 0.5) is 5.69 Å². The first-order valence-corrected chi connectivity index (χ1v) is 6.23. The maximum absolute atomic E-state index is 10.8. The standard InChI is InChI=1S/C14H18N2O3/c1-3-5-9-19-14-7-6-13(16(17)18)10-12(14)11-15-8-4-2/h1,6-7,10,15H,4-5,8-9,11H2,2H3. The highest BCUT2D eigenvalue weighted by Crippen LogP contribution is 2.24. The van der Waals surface area contributed by atoms with Crippen LogP contribution in [-0.4, -0.2) is 18.1 Å². The highest BCUT2D eigenvalue weighted by Gasteiger charge is 2.11. The molecule has 0 heterocycles. The Labute approximate surface area is 113 Å². The zero-order chi connectivity index (χ0) is 14.1. The Morgan fingerprint density at radius 1 is 1.53 bits per heavy atom. The second-order valence-electron chi connectivity index (χ2n) is 4.03. The number of benzene rings is 1. The second-order valence-corrected chi connectivity index (χ2v) is 4.03. The molecule has 0 amide bonds. The van der Waals surface area contributed by atoms with Crippen LogP contribution in [0.3, 0.4) is 0 Å². The van der Waals surface area contributed by atoms with Crippen molar-refractivity contribution in [3.63, 3.8) is 0 Å². The van der Waals surface area contributed by atoms with Gasteiger partial charge in [-0.1, -0.05) is 6.92 Å². The Balaban J connectivity index is 2.81. The zero-order valence-electron chi connectivity index (χ0n) is 11.0. The van der Waals surface area contributed by atoms with E-state index in [0.717, 1.165) is 18.5 Å². The van der Waals surface area contributed by atoms with Gasteiger partial charge in [-0.05, 0) is 19.0 Å². The SMILES string of the molecule is C#CCCOc1ccc([N+](=O)[O-])cc1CNCCC. The molecule has 0 unspecified atom stereocenters. The lowest BCUT2D eigenvalue weighted by atomic mass is 10.1. The van der Waals surface area contributed by atoms with Crippen LogP contribution in [0, 0.1) is 22.5 Å². The van der Waals surface area contributed by atoms with E-state index in [-0.39, 0.29) is 5.69 Å². The molecular weight excluding hydrogens is 244 g/mol. The first-order valence-electron chi connectivity index (χ1n) is 6.23.